The SMILES string of the molecule is CN(C)C1=NCC(Br)=C(O)N1. The molecule has 0 saturated heterocycles. The maximum atomic E-state index is 9.21. The molecule has 1 rings (SSSR count). The molecule has 0 aromatic carbocycles. The smallest absolute Gasteiger partial charge is 0.203 e. The Kier molecular flexibility index (Phi) is 2.38. The fraction of sp³-hybridized carbons (Fsp3) is 0.500. The summed E-state index contributed by atoms with van der Waals surface area (Å²) in [6, 6.07) is 0. The van der Waals surface area contributed by atoms with Gasteiger partial charge in [-0.2, -0.15) is 0 Å². The van der Waals surface area contributed by atoms with Crippen LogP contribution in [0.15, 0.2) is 15.4 Å². The van der Waals surface area contributed by atoms with Gasteiger partial charge in [-0.25, -0.2) is 4.99 Å². The molecular formula is C6H10BrN3O. The number of aliphatic hydroxyl groups is 1. The third-order valence-corrected chi connectivity index (χ3v) is 1.90. The van der Waals surface area contributed by atoms with E-state index in [0.717, 1.165) is 0 Å². The van der Waals surface area contributed by atoms with Crippen molar-refractivity contribution < 1.29 is 5.11 Å². The number of hydrogen-bond acceptors (Lipinski definition) is 4. The van der Waals surface area contributed by atoms with Gasteiger partial charge in [0.25, 0.3) is 0 Å². The minimum atomic E-state index is 0.142. The number of aliphatic hydroxyl groups excluding tert-OH is 1. The van der Waals surface area contributed by atoms with Crippen LogP contribution in [0.3, 0.4) is 0 Å². The van der Waals surface area contributed by atoms with Crippen molar-refractivity contribution in [2.75, 3.05) is 20.6 Å². The first-order valence-corrected chi connectivity index (χ1v) is 3.97. The van der Waals surface area contributed by atoms with Crippen LogP contribution in [-0.2, 0) is 0 Å². The molecule has 0 aromatic rings. The summed E-state index contributed by atoms with van der Waals surface area (Å²) in [5.74, 6) is 0.814. The van der Waals surface area contributed by atoms with E-state index < -0.39 is 0 Å². The first-order chi connectivity index (χ1) is 5.11. The third kappa shape index (κ3) is 1.86. The number of nitrogens with zero attached hydrogens (tertiary/aromatic N) is 2. The lowest BCUT2D eigenvalue weighted by Gasteiger charge is -2.20. The van der Waals surface area contributed by atoms with E-state index in [1.54, 1.807) is 4.90 Å². The molecule has 2 N–H and O–H groups in total. The molecule has 4 nitrogen and oxygen atoms in total. The largest absolute Gasteiger partial charge is 0.494 e. The van der Waals surface area contributed by atoms with Gasteiger partial charge >= 0.3 is 0 Å². The Bertz CT molecular complexity index is 222. The van der Waals surface area contributed by atoms with Crippen molar-refractivity contribution in [2.45, 2.75) is 0 Å². The van der Waals surface area contributed by atoms with E-state index in [1.807, 2.05) is 14.1 Å². The molecule has 62 valence electrons. The van der Waals surface area contributed by atoms with Gasteiger partial charge in [-0.15, -0.1) is 0 Å². The Labute approximate surface area is 73.7 Å². The average molecular weight is 220 g/mol. The summed E-state index contributed by atoms with van der Waals surface area (Å²) in [6.45, 7) is 0.492. The fourth-order valence-corrected chi connectivity index (χ4v) is 0.910. The molecule has 0 aromatic heterocycles. The molecule has 0 saturated carbocycles. The van der Waals surface area contributed by atoms with Gasteiger partial charge in [-0.05, 0) is 15.9 Å². The van der Waals surface area contributed by atoms with Crippen molar-refractivity contribution in [3.05, 3.63) is 10.4 Å². The highest BCUT2D eigenvalue weighted by molar-refractivity contribution is 9.11. The van der Waals surface area contributed by atoms with Gasteiger partial charge in [0.2, 0.25) is 11.8 Å². The molecule has 0 atom stereocenters. The predicted molar refractivity (Wildman–Crippen MR) is 47.7 cm³/mol. The van der Waals surface area contributed by atoms with Crippen LogP contribution in [0.4, 0.5) is 0 Å². The van der Waals surface area contributed by atoms with E-state index in [4.69, 9.17) is 0 Å². The van der Waals surface area contributed by atoms with Crippen LogP contribution >= 0.6 is 15.9 Å². The van der Waals surface area contributed by atoms with E-state index >= 15 is 0 Å². The van der Waals surface area contributed by atoms with Crippen LogP contribution < -0.4 is 5.32 Å². The van der Waals surface area contributed by atoms with Crippen LogP contribution in [0.1, 0.15) is 0 Å². The molecule has 0 amide bonds. The van der Waals surface area contributed by atoms with Crippen LogP contribution in [0.25, 0.3) is 0 Å². The van der Waals surface area contributed by atoms with Crippen molar-refractivity contribution in [1.29, 1.82) is 0 Å². The summed E-state index contributed by atoms with van der Waals surface area (Å²) < 4.78 is 0.683. The summed E-state index contributed by atoms with van der Waals surface area (Å²) in [6.07, 6.45) is 0. The molecule has 1 aliphatic rings. The lowest BCUT2D eigenvalue weighted by atomic mass is 10.5. The molecule has 5 heteroatoms. The summed E-state index contributed by atoms with van der Waals surface area (Å²) in [7, 11) is 3.72. The van der Waals surface area contributed by atoms with Crippen molar-refractivity contribution in [1.82, 2.24) is 10.2 Å². The highest BCUT2D eigenvalue weighted by Crippen LogP contribution is 2.11. The van der Waals surface area contributed by atoms with Gasteiger partial charge in [-0.1, -0.05) is 0 Å². The second-order valence-electron chi connectivity index (χ2n) is 2.41. The van der Waals surface area contributed by atoms with Crippen LogP contribution in [0.2, 0.25) is 0 Å². The average Bonchev–Trinajstić information content (AvgIpc) is 1.94. The summed E-state index contributed by atoms with van der Waals surface area (Å²) in [5.41, 5.74) is 0. The molecule has 0 spiro atoms. The monoisotopic (exact) mass is 219 g/mol. The maximum absolute atomic E-state index is 9.21. The molecule has 0 fully saturated rings. The lowest BCUT2D eigenvalue weighted by molar-refractivity contribution is 0.373. The number of hydrogen-bond donors (Lipinski definition) is 2. The van der Waals surface area contributed by atoms with E-state index in [1.165, 1.54) is 0 Å². The van der Waals surface area contributed by atoms with Crippen molar-refractivity contribution in [3.63, 3.8) is 0 Å². The molecule has 0 unspecified atom stereocenters. The quantitative estimate of drug-likeness (QED) is 0.629. The summed E-state index contributed by atoms with van der Waals surface area (Å²) in [5, 5.41) is 11.9. The highest BCUT2D eigenvalue weighted by atomic mass is 79.9. The number of halogens is 1. The standard InChI is InChI=1S/C6H10BrN3O/c1-10(2)6-8-3-4(7)5(11)9-6/h11H,3H2,1-2H3,(H,8,9). The minimum absolute atomic E-state index is 0.142. The Balaban J connectivity index is 2.67. The molecule has 11 heavy (non-hydrogen) atoms. The number of nitrogens with one attached hydrogen (secondary N) is 1. The second kappa shape index (κ2) is 3.13. The first kappa shape index (κ1) is 8.39. The summed E-state index contributed by atoms with van der Waals surface area (Å²) in [4.78, 5) is 5.93. The topological polar surface area (TPSA) is 47.9 Å². The Morgan fingerprint density at radius 2 is 2.27 bits per heavy atom. The van der Waals surface area contributed by atoms with Gasteiger partial charge in [0, 0.05) is 14.1 Å². The normalized spacial score (nSPS) is 17.5. The zero-order valence-corrected chi connectivity index (χ0v) is 8.01. The van der Waals surface area contributed by atoms with Gasteiger partial charge in [-0.3, -0.25) is 5.32 Å². The van der Waals surface area contributed by atoms with E-state index in [9.17, 15) is 5.11 Å². The zero-order valence-electron chi connectivity index (χ0n) is 6.43. The zero-order chi connectivity index (χ0) is 8.43. The Morgan fingerprint density at radius 3 is 2.73 bits per heavy atom. The molecule has 1 heterocycles. The molecule has 0 aliphatic carbocycles. The van der Waals surface area contributed by atoms with E-state index in [2.05, 4.69) is 26.2 Å². The van der Waals surface area contributed by atoms with Crippen LogP contribution in [0.5, 0.6) is 0 Å². The van der Waals surface area contributed by atoms with Crippen molar-refractivity contribution in [3.8, 4) is 0 Å². The predicted octanol–water partition coefficient (Wildman–Crippen LogP) is 0.629. The number of aliphatic imine (C=N–C) groups is 1. The second-order valence-corrected chi connectivity index (χ2v) is 3.37. The van der Waals surface area contributed by atoms with Gasteiger partial charge in [0.05, 0.1) is 11.0 Å². The maximum Gasteiger partial charge on any atom is 0.203 e. The molecular weight excluding hydrogens is 210 g/mol. The molecule has 0 bridgehead atoms. The Hall–Kier alpha value is -0.710. The van der Waals surface area contributed by atoms with Gasteiger partial charge in [0.1, 0.15) is 0 Å². The van der Waals surface area contributed by atoms with E-state index in [0.29, 0.717) is 17.0 Å². The third-order valence-electron chi connectivity index (χ3n) is 1.28. The first-order valence-electron chi connectivity index (χ1n) is 3.17. The lowest BCUT2D eigenvalue weighted by Crippen LogP contribution is -2.38. The van der Waals surface area contributed by atoms with Crippen molar-refractivity contribution in [2.24, 2.45) is 4.99 Å². The van der Waals surface area contributed by atoms with Crippen LogP contribution in [-0.4, -0.2) is 36.6 Å². The number of rotatable bonds is 0. The van der Waals surface area contributed by atoms with Gasteiger partial charge < -0.3 is 10.0 Å². The summed E-state index contributed by atoms with van der Waals surface area (Å²) >= 11 is 3.17. The molecule has 1 aliphatic heterocycles. The minimum Gasteiger partial charge on any atom is -0.494 e. The fourth-order valence-electron chi connectivity index (χ4n) is 0.686. The van der Waals surface area contributed by atoms with Crippen molar-refractivity contribution >= 4 is 21.9 Å². The number of guanidine groups is 1. The van der Waals surface area contributed by atoms with Gasteiger partial charge in [0.15, 0.2) is 0 Å². The van der Waals surface area contributed by atoms with E-state index in [-0.39, 0.29) is 5.88 Å². The molecule has 0 radical (unpaired) electrons. The van der Waals surface area contributed by atoms with Crippen LogP contribution in [0, 0.1) is 0 Å². The Morgan fingerprint density at radius 1 is 1.64 bits per heavy atom. The highest BCUT2D eigenvalue weighted by Gasteiger charge is 2.12.